The van der Waals surface area contributed by atoms with Crippen LogP contribution in [0.2, 0.25) is 5.15 Å². The average Bonchev–Trinajstić information content (AvgIpc) is 2.12. The Morgan fingerprint density at radius 2 is 1.47 bits per heavy atom. The Morgan fingerprint density at radius 3 is 1.82 bits per heavy atom. The molecule has 0 atom stereocenters. The topological polar surface area (TPSA) is 33.1 Å². The first-order chi connectivity index (χ1) is 7.50. The molecule has 0 aromatic carbocycles. The number of alkyl halides is 6. The van der Waals surface area contributed by atoms with Gasteiger partial charge < -0.3 is 5.11 Å². The third-order valence-corrected chi connectivity index (χ3v) is 2.12. The lowest BCUT2D eigenvalue weighted by Gasteiger charge is -2.31. The summed E-state index contributed by atoms with van der Waals surface area (Å²) in [6.07, 6.45) is -11.9. The molecular formula is C8H4ClF6NO. The normalized spacial score (nSPS) is 13.9. The van der Waals surface area contributed by atoms with Gasteiger partial charge in [-0.3, -0.25) is 0 Å². The molecule has 1 aromatic rings. The predicted molar refractivity (Wildman–Crippen MR) is 45.3 cm³/mol. The molecule has 96 valence electrons. The van der Waals surface area contributed by atoms with Crippen LogP contribution in [-0.4, -0.2) is 22.4 Å². The summed E-state index contributed by atoms with van der Waals surface area (Å²) in [7, 11) is 0. The first-order valence-corrected chi connectivity index (χ1v) is 4.37. The zero-order valence-corrected chi connectivity index (χ0v) is 8.53. The average molecular weight is 280 g/mol. The third kappa shape index (κ3) is 2.32. The molecule has 0 saturated carbocycles. The van der Waals surface area contributed by atoms with E-state index in [2.05, 4.69) is 4.98 Å². The highest BCUT2D eigenvalue weighted by molar-refractivity contribution is 6.29. The maximum atomic E-state index is 12.4. The molecule has 0 aliphatic rings. The maximum absolute atomic E-state index is 12.4. The van der Waals surface area contributed by atoms with Crippen molar-refractivity contribution >= 4 is 11.6 Å². The number of hydrogen-bond acceptors (Lipinski definition) is 2. The molecule has 1 heterocycles. The van der Waals surface area contributed by atoms with Gasteiger partial charge in [-0.25, -0.2) is 4.98 Å². The summed E-state index contributed by atoms with van der Waals surface area (Å²) in [4.78, 5) is 2.85. The summed E-state index contributed by atoms with van der Waals surface area (Å²) in [5.41, 5.74) is -6.66. The van der Waals surface area contributed by atoms with Crippen LogP contribution in [0.1, 0.15) is 5.69 Å². The van der Waals surface area contributed by atoms with Crippen LogP contribution < -0.4 is 0 Å². The zero-order valence-electron chi connectivity index (χ0n) is 7.77. The van der Waals surface area contributed by atoms with E-state index in [1.54, 1.807) is 0 Å². The Kier molecular flexibility index (Phi) is 3.32. The highest BCUT2D eigenvalue weighted by atomic mass is 35.5. The van der Waals surface area contributed by atoms with Gasteiger partial charge in [0.2, 0.25) is 0 Å². The smallest absolute Gasteiger partial charge is 0.368 e. The fourth-order valence-electron chi connectivity index (χ4n) is 1.06. The minimum Gasteiger partial charge on any atom is -0.368 e. The second-order valence-electron chi connectivity index (χ2n) is 3.05. The number of rotatable bonds is 1. The van der Waals surface area contributed by atoms with E-state index < -0.39 is 28.8 Å². The molecule has 0 bridgehead atoms. The molecule has 2 nitrogen and oxygen atoms in total. The number of halogens is 7. The van der Waals surface area contributed by atoms with Gasteiger partial charge in [-0.05, 0) is 12.1 Å². The molecule has 0 aliphatic carbocycles. The van der Waals surface area contributed by atoms with E-state index in [-0.39, 0.29) is 0 Å². The van der Waals surface area contributed by atoms with Crippen LogP contribution in [-0.2, 0) is 5.60 Å². The standard InChI is InChI=1S/C8H4ClF6NO/c9-5-3-1-2-4(16-5)6(17,7(10,11)12)8(13,14)15/h1-3,17H. The first kappa shape index (κ1) is 14.0. The number of hydrogen-bond donors (Lipinski definition) is 1. The van der Waals surface area contributed by atoms with Crippen molar-refractivity contribution in [3.05, 3.63) is 29.0 Å². The van der Waals surface area contributed by atoms with E-state index in [9.17, 15) is 26.3 Å². The summed E-state index contributed by atoms with van der Waals surface area (Å²) in [6, 6.07) is 2.21. The van der Waals surface area contributed by atoms with Crippen molar-refractivity contribution in [1.29, 1.82) is 0 Å². The summed E-state index contributed by atoms with van der Waals surface area (Å²) in [5, 5.41) is 8.32. The molecule has 0 spiro atoms. The monoisotopic (exact) mass is 279 g/mol. The van der Waals surface area contributed by atoms with E-state index in [1.165, 1.54) is 0 Å². The Balaban J connectivity index is 3.46. The van der Waals surface area contributed by atoms with Crippen LogP contribution in [0.5, 0.6) is 0 Å². The molecule has 0 unspecified atom stereocenters. The van der Waals surface area contributed by atoms with Crippen LogP contribution >= 0.6 is 11.6 Å². The van der Waals surface area contributed by atoms with Gasteiger partial charge in [-0.1, -0.05) is 17.7 Å². The number of nitrogens with zero attached hydrogens (tertiary/aromatic N) is 1. The van der Waals surface area contributed by atoms with Gasteiger partial charge in [-0.15, -0.1) is 0 Å². The molecule has 0 saturated heterocycles. The fraction of sp³-hybridized carbons (Fsp3) is 0.375. The second kappa shape index (κ2) is 4.02. The number of pyridine rings is 1. The van der Waals surface area contributed by atoms with Crippen LogP contribution in [0.15, 0.2) is 18.2 Å². The molecule has 0 aliphatic heterocycles. The van der Waals surface area contributed by atoms with Gasteiger partial charge in [0.15, 0.2) is 0 Å². The third-order valence-electron chi connectivity index (χ3n) is 1.91. The first-order valence-electron chi connectivity index (χ1n) is 3.99. The van der Waals surface area contributed by atoms with Gasteiger partial charge in [0.05, 0.1) is 5.69 Å². The fourth-order valence-corrected chi connectivity index (χ4v) is 1.22. The van der Waals surface area contributed by atoms with Gasteiger partial charge in [0.25, 0.3) is 5.60 Å². The van der Waals surface area contributed by atoms with E-state index in [0.29, 0.717) is 6.07 Å². The van der Waals surface area contributed by atoms with Crippen molar-refractivity contribution in [2.45, 2.75) is 18.0 Å². The van der Waals surface area contributed by atoms with Crippen LogP contribution in [0.4, 0.5) is 26.3 Å². The Hall–Kier alpha value is -1.02. The van der Waals surface area contributed by atoms with Crippen molar-refractivity contribution in [2.75, 3.05) is 0 Å². The summed E-state index contributed by atoms with van der Waals surface area (Å²) in [5.74, 6) is 0. The minimum absolute atomic E-state index is 0.396. The molecule has 9 heteroatoms. The van der Waals surface area contributed by atoms with E-state index in [1.807, 2.05) is 0 Å². The molecule has 1 aromatic heterocycles. The molecular weight excluding hydrogens is 276 g/mol. The lowest BCUT2D eigenvalue weighted by atomic mass is 9.97. The van der Waals surface area contributed by atoms with Crippen molar-refractivity contribution in [3.8, 4) is 0 Å². The largest absolute Gasteiger partial charge is 0.432 e. The van der Waals surface area contributed by atoms with Crippen LogP contribution in [0.3, 0.4) is 0 Å². The van der Waals surface area contributed by atoms with E-state index in [4.69, 9.17) is 16.7 Å². The highest BCUT2D eigenvalue weighted by Crippen LogP contribution is 2.49. The van der Waals surface area contributed by atoms with Crippen molar-refractivity contribution in [1.82, 2.24) is 4.98 Å². The molecule has 1 N–H and O–H groups in total. The van der Waals surface area contributed by atoms with Gasteiger partial charge in [0, 0.05) is 0 Å². The maximum Gasteiger partial charge on any atom is 0.432 e. The molecule has 0 amide bonds. The minimum atomic E-state index is -5.96. The van der Waals surface area contributed by atoms with Crippen molar-refractivity contribution in [3.63, 3.8) is 0 Å². The summed E-state index contributed by atoms with van der Waals surface area (Å²) < 4.78 is 74.2. The predicted octanol–water partition coefficient (Wildman–Crippen LogP) is 3.05. The van der Waals surface area contributed by atoms with Gasteiger partial charge >= 0.3 is 12.4 Å². The summed E-state index contributed by atoms with van der Waals surface area (Å²) in [6.45, 7) is 0. The van der Waals surface area contributed by atoms with Crippen molar-refractivity contribution in [2.24, 2.45) is 0 Å². The quantitative estimate of drug-likeness (QED) is 0.633. The number of aromatic nitrogens is 1. The lowest BCUT2D eigenvalue weighted by molar-refractivity contribution is -0.377. The Bertz CT molecular complexity index is 401. The van der Waals surface area contributed by atoms with Gasteiger partial charge in [-0.2, -0.15) is 26.3 Å². The Morgan fingerprint density at radius 1 is 1.00 bits per heavy atom. The van der Waals surface area contributed by atoms with Crippen LogP contribution in [0, 0.1) is 0 Å². The van der Waals surface area contributed by atoms with Gasteiger partial charge in [0.1, 0.15) is 5.15 Å². The van der Waals surface area contributed by atoms with Crippen molar-refractivity contribution < 1.29 is 31.4 Å². The zero-order chi connectivity index (χ0) is 13.5. The Labute approximate surface area is 95.8 Å². The summed E-state index contributed by atoms with van der Waals surface area (Å²) >= 11 is 5.19. The SMILES string of the molecule is OC(c1cccc(Cl)n1)(C(F)(F)F)C(F)(F)F. The van der Waals surface area contributed by atoms with E-state index in [0.717, 1.165) is 12.1 Å². The second-order valence-corrected chi connectivity index (χ2v) is 3.44. The van der Waals surface area contributed by atoms with Crippen LogP contribution in [0.25, 0.3) is 0 Å². The molecule has 17 heavy (non-hydrogen) atoms. The molecule has 0 radical (unpaired) electrons. The van der Waals surface area contributed by atoms with E-state index >= 15 is 0 Å². The molecule has 0 fully saturated rings. The highest BCUT2D eigenvalue weighted by Gasteiger charge is 2.72. The molecule has 1 rings (SSSR count). The lowest BCUT2D eigenvalue weighted by Crippen LogP contribution is -2.54. The number of aliphatic hydroxyl groups is 1.